The van der Waals surface area contributed by atoms with Gasteiger partial charge in [-0.1, -0.05) is 12.2 Å². The molecule has 0 N–H and O–H groups in total. The molecule has 12 heavy (non-hydrogen) atoms. The summed E-state index contributed by atoms with van der Waals surface area (Å²) in [6.07, 6.45) is 3.92. The van der Waals surface area contributed by atoms with Crippen LogP contribution in [-0.2, 0) is 9.59 Å². The number of hydrogen-bond acceptors (Lipinski definition) is 2. The van der Waals surface area contributed by atoms with E-state index in [1.807, 2.05) is 6.92 Å². The van der Waals surface area contributed by atoms with Crippen molar-refractivity contribution in [1.82, 2.24) is 0 Å². The zero-order valence-corrected chi connectivity index (χ0v) is 7.17. The quantitative estimate of drug-likeness (QED) is 0.459. The number of carbonyl (C=O) groups is 2. The number of carbonyl (C=O) groups excluding carboxylic acids is 2. The topological polar surface area (TPSA) is 34.1 Å². The molecule has 0 saturated heterocycles. The van der Waals surface area contributed by atoms with E-state index in [-0.39, 0.29) is 11.7 Å². The zero-order chi connectivity index (χ0) is 9.14. The van der Waals surface area contributed by atoms with Crippen LogP contribution in [0.2, 0.25) is 0 Å². The Labute approximate surface area is 72.0 Å². The van der Waals surface area contributed by atoms with Crippen molar-refractivity contribution in [1.29, 1.82) is 0 Å². The monoisotopic (exact) mass is 164 g/mol. The summed E-state index contributed by atoms with van der Waals surface area (Å²) in [6, 6.07) is 0. The highest BCUT2D eigenvalue weighted by Gasteiger charge is 2.22. The largest absolute Gasteiger partial charge is 0.298 e. The Bertz CT molecular complexity index is 261. The zero-order valence-electron chi connectivity index (χ0n) is 7.17. The fraction of sp³-hybridized carbons (Fsp3) is 0.400. The first-order chi connectivity index (χ1) is 5.65. The van der Waals surface area contributed by atoms with Crippen molar-refractivity contribution in [2.75, 3.05) is 0 Å². The van der Waals surface area contributed by atoms with Gasteiger partial charge in [0.1, 0.15) is 6.29 Å². The van der Waals surface area contributed by atoms with Crippen LogP contribution >= 0.6 is 0 Å². The molecule has 2 nitrogen and oxygen atoms in total. The summed E-state index contributed by atoms with van der Waals surface area (Å²) in [5.41, 5.74) is 1.50. The second kappa shape index (κ2) is 3.48. The number of aldehydes is 1. The summed E-state index contributed by atoms with van der Waals surface area (Å²) in [7, 11) is 0. The van der Waals surface area contributed by atoms with Crippen LogP contribution in [-0.4, -0.2) is 12.1 Å². The minimum Gasteiger partial charge on any atom is -0.298 e. The first kappa shape index (κ1) is 8.91. The molecule has 2 heteroatoms. The van der Waals surface area contributed by atoms with E-state index in [1.165, 1.54) is 0 Å². The van der Waals surface area contributed by atoms with Crippen molar-refractivity contribution in [2.45, 2.75) is 19.8 Å². The third-order valence-electron chi connectivity index (χ3n) is 2.16. The molecule has 0 amide bonds. The first-order valence-corrected chi connectivity index (χ1v) is 4.00. The highest BCUT2D eigenvalue weighted by atomic mass is 16.1. The van der Waals surface area contributed by atoms with Gasteiger partial charge >= 0.3 is 0 Å². The third kappa shape index (κ3) is 1.70. The molecule has 1 atom stereocenters. The lowest BCUT2D eigenvalue weighted by atomic mass is 9.85. The fourth-order valence-corrected chi connectivity index (χ4v) is 1.38. The Kier molecular flexibility index (Phi) is 2.58. The van der Waals surface area contributed by atoms with Crippen LogP contribution in [0.4, 0.5) is 0 Å². The van der Waals surface area contributed by atoms with Gasteiger partial charge in [0.15, 0.2) is 5.78 Å². The Hall–Kier alpha value is -1.18. The van der Waals surface area contributed by atoms with Crippen LogP contribution in [0, 0.1) is 5.92 Å². The number of rotatable bonds is 2. The minimum atomic E-state index is -0.258. The lowest BCUT2D eigenvalue weighted by Crippen LogP contribution is -2.19. The van der Waals surface area contributed by atoms with E-state index in [1.54, 1.807) is 6.08 Å². The summed E-state index contributed by atoms with van der Waals surface area (Å²) < 4.78 is 0. The van der Waals surface area contributed by atoms with Gasteiger partial charge in [0.05, 0.1) is 0 Å². The van der Waals surface area contributed by atoms with Crippen molar-refractivity contribution in [3.05, 3.63) is 23.8 Å². The van der Waals surface area contributed by atoms with Gasteiger partial charge in [-0.25, -0.2) is 0 Å². The predicted molar refractivity (Wildman–Crippen MR) is 46.7 cm³/mol. The van der Waals surface area contributed by atoms with Gasteiger partial charge in [-0.05, 0) is 31.4 Å². The predicted octanol–water partition coefficient (Wildman–Crippen LogP) is 1.67. The molecule has 1 aliphatic carbocycles. The van der Waals surface area contributed by atoms with E-state index < -0.39 is 0 Å². The highest BCUT2D eigenvalue weighted by molar-refractivity contribution is 5.99. The minimum absolute atomic E-state index is 0.0239. The third-order valence-corrected chi connectivity index (χ3v) is 2.16. The van der Waals surface area contributed by atoms with E-state index in [2.05, 4.69) is 6.58 Å². The molecule has 1 aliphatic rings. The van der Waals surface area contributed by atoms with Crippen LogP contribution < -0.4 is 0 Å². The van der Waals surface area contributed by atoms with Gasteiger partial charge in [-0.15, -0.1) is 0 Å². The summed E-state index contributed by atoms with van der Waals surface area (Å²) in [5.74, 6) is -0.234. The van der Waals surface area contributed by atoms with Crippen molar-refractivity contribution in [2.24, 2.45) is 5.92 Å². The Morgan fingerprint density at radius 1 is 1.75 bits per heavy atom. The molecule has 0 bridgehead atoms. The van der Waals surface area contributed by atoms with Gasteiger partial charge < -0.3 is 0 Å². The lowest BCUT2D eigenvalue weighted by Gasteiger charge is -2.17. The van der Waals surface area contributed by atoms with Gasteiger partial charge in [0, 0.05) is 5.92 Å². The second-order valence-electron chi connectivity index (χ2n) is 3.18. The first-order valence-electron chi connectivity index (χ1n) is 4.00. The van der Waals surface area contributed by atoms with Crippen molar-refractivity contribution in [3.63, 3.8) is 0 Å². The van der Waals surface area contributed by atoms with Crippen LogP contribution in [0.3, 0.4) is 0 Å². The molecule has 1 rings (SSSR count). The van der Waals surface area contributed by atoms with E-state index in [0.717, 1.165) is 18.4 Å². The number of allylic oxidation sites excluding steroid dienone is 3. The van der Waals surface area contributed by atoms with Gasteiger partial charge in [0.2, 0.25) is 0 Å². The molecule has 64 valence electrons. The molecular formula is C10H12O2. The van der Waals surface area contributed by atoms with Crippen LogP contribution in [0.15, 0.2) is 23.8 Å². The van der Waals surface area contributed by atoms with E-state index >= 15 is 0 Å². The van der Waals surface area contributed by atoms with Crippen LogP contribution in [0.25, 0.3) is 0 Å². The molecular weight excluding hydrogens is 152 g/mol. The lowest BCUT2D eigenvalue weighted by molar-refractivity contribution is -0.119. The van der Waals surface area contributed by atoms with Gasteiger partial charge in [0.25, 0.3) is 0 Å². The maximum absolute atomic E-state index is 11.3. The summed E-state index contributed by atoms with van der Waals surface area (Å²) in [5, 5.41) is 0. The van der Waals surface area contributed by atoms with Crippen molar-refractivity contribution in [3.8, 4) is 0 Å². The number of ketones is 1. The summed E-state index contributed by atoms with van der Waals surface area (Å²) >= 11 is 0. The van der Waals surface area contributed by atoms with E-state index in [9.17, 15) is 9.59 Å². The molecule has 0 radical (unpaired) electrons. The average Bonchev–Trinajstić information content (AvgIpc) is 2.03. The fourth-order valence-electron chi connectivity index (χ4n) is 1.38. The maximum Gasteiger partial charge on any atom is 0.163 e. The molecule has 0 aromatic heterocycles. The van der Waals surface area contributed by atoms with Crippen LogP contribution in [0.5, 0.6) is 0 Å². The number of hydrogen-bond donors (Lipinski definition) is 0. The van der Waals surface area contributed by atoms with Crippen molar-refractivity contribution < 1.29 is 9.59 Å². The molecule has 0 heterocycles. The Morgan fingerprint density at radius 2 is 2.42 bits per heavy atom. The molecule has 0 aromatic rings. The SMILES string of the molecule is C=C(C=O)C1CCC(C)=CC1=O. The summed E-state index contributed by atoms with van der Waals surface area (Å²) in [4.78, 5) is 21.7. The highest BCUT2D eigenvalue weighted by Crippen LogP contribution is 2.24. The van der Waals surface area contributed by atoms with Gasteiger partial charge in [-0.2, -0.15) is 0 Å². The van der Waals surface area contributed by atoms with E-state index in [0.29, 0.717) is 11.9 Å². The molecule has 0 saturated carbocycles. The normalized spacial score (nSPS) is 23.2. The second-order valence-corrected chi connectivity index (χ2v) is 3.18. The van der Waals surface area contributed by atoms with Gasteiger partial charge in [-0.3, -0.25) is 9.59 Å². The Balaban J connectivity index is 2.78. The smallest absolute Gasteiger partial charge is 0.163 e. The standard InChI is InChI=1S/C10H12O2/c1-7-3-4-9(8(2)6-11)10(12)5-7/h5-6,9H,2-4H2,1H3. The van der Waals surface area contributed by atoms with E-state index in [4.69, 9.17) is 0 Å². The Morgan fingerprint density at radius 3 is 2.92 bits per heavy atom. The molecule has 0 fully saturated rings. The summed E-state index contributed by atoms with van der Waals surface area (Å²) in [6.45, 7) is 5.48. The van der Waals surface area contributed by atoms with Crippen LogP contribution in [0.1, 0.15) is 19.8 Å². The molecule has 0 aromatic carbocycles. The van der Waals surface area contributed by atoms with Crippen molar-refractivity contribution >= 4 is 12.1 Å². The molecule has 1 unspecified atom stereocenters. The average molecular weight is 164 g/mol. The molecule has 0 aliphatic heterocycles. The molecule has 0 spiro atoms. The maximum atomic E-state index is 11.3.